The van der Waals surface area contributed by atoms with Gasteiger partial charge in [0.15, 0.2) is 11.5 Å². The third kappa shape index (κ3) is 4.05. The van der Waals surface area contributed by atoms with E-state index in [1.54, 1.807) is 32.4 Å². The highest BCUT2D eigenvalue weighted by Gasteiger charge is 2.26. The molecule has 0 bridgehead atoms. The van der Waals surface area contributed by atoms with Gasteiger partial charge in [0, 0.05) is 25.2 Å². The highest BCUT2D eigenvalue weighted by atomic mass is 16.5. The van der Waals surface area contributed by atoms with E-state index in [9.17, 15) is 4.79 Å². The zero-order valence-corrected chi connectivity index (χ0v) is 16.3. The van der Waals surface area contributed by atoms with Crippen LogP contribution in [-0.2, 0) is 6.54 Å². The molecule has 0 aromatic heterocycles. The maximum atomic E-state index is 12.9. The monoisotopic (exact) mass is 385 g/mol. The Bertz CT molecular complexity index is 840. The summed E-state index contributed by atoms with van der Waals surface area (Å²) in [4.78, 5) is 14.7. The van der Waals surface area contributed by atoms with Crippen LogP contribution < -0.4 is 25.7 Å². The van der Waals surface area contributed by atoms with Gasteiger partial charge in [-0.15, -0.1) is 0 Å². The van der Waals surface area contributed by atoms with Crippen LogP contribution in [0.3, 0.4) is 0 Å². The molecule has 0 spiro atoms. The van der Waals surface area contributed by atoms with Gasteiger partial charge >= 0.3 is 0 Å². The lowest BCUT2D eigenvalue weighted by Crippen LogP contribution is -2.29. The molecule has 1 fully saturated rings. The van der Waals surface area contributed by atoms with E-state index in [2.05, 4.69) is 0 Å². The van der Waals surface area contributed by atoms with E-state index >= 15 is 0 Å². The second-order valence-electron chi connectivity index (χ2n) is 6.75. The van der Waals surface area contributed by atoms with Crippen LogP contribution in [-0.4, -0.2) is 44.7 Å². The van der Waals surface area contributed by atoms with Crippen molar-refractivity contribution in [3.8, 4) is 23.0 Å². The van der Waals surface area contributed by atoms with Crippen molar-refractivity contribution in [2.45, 2.75) is 13.0 Å². The van der Waals surface area contributed by atoms with Gasteiger partial charge in [0.2, 0.25) is 0 Å². The van der Waals surface area contributed by atoms with Gasteiger partial charge in [-0.25, -0.2) is 0 Å². The lowest BCUT2D eigenvalue weighted by atomic mass is 10.1. The van der Waals surface area contributed by atoms with E-state index in [0.717, 1.165) is 18.5 Å². The average molecular weight is 385 g/mol. The third-order valence-electron chi connectivity index (χ3n) is 5.05. The van der Waals surface area contributed by atoms with E-state index in [-0.39, 0.29) is 12.5 Å². The second-order valence-corrected chi connectivity index (χ2v) is 6.75. The largest absolute Gasteiger partial charge is 0.496 e. The molecule has 0 radical (unpaired) electrons. The molecule has 4 N–H and O–H groups in total. The first-order valence-corrected chi connectivity index (χ1v) is 9.32. The van der Waals surface area contributed by atoms with Gasteiger partial charge in [-0.2, -0.15) is 0 Å². The first-order valence-electron chi connectivity index (χ1n) is 9.32. The topological polar surface area (TPSA) is 100 Å². The Hall–Kier alpha value is -2.77. The van der Waals surface area contributed by atoms with E-state index in [1.807, 2.05) is 23.1 Å². The molecule has 1 aliphatic heterocycles. The molecule has 1 unspecified atom stereocenters. The molecule has 150 valence electrons. The highest BCUT2D eigenvalue weighted by Crippen LogP contribution is 2.37. The maximum Gasteiger partial charge on any atom is 0.254 e. The number of benzene rings is 2. The number of ether oxygens (including phenoxy) is 3. The fraction of sp³-hybridized carbons (Fsp3) is 0.381. The Morgan fingerprint density at radius 3 is 2.46 bits per heavy atom. The van der Waals surface area contributed by atoms with Gasteiger partial charge in [0.05, 0.1) is 19.8 Å². The summed E-state index contributed by atoms with van der Waals surface area (Å²) in [7, 11) is 3.15. The van der Waals surface area contributed by atoms with Crippen LogP contribution in [0.4, 0.5) is 0 Å². The van der Waals surface area contributed by atoms with Crippen LogP contribution in [0.5, 0.6) is 23.0 Å². The van der Waals surface area contributed by atoms with Crippen molar-refractivity contribution in [3.05, 3.63) is 47.5 Å². The number of likely N-dealkylation sites (tertiary alicyclic amines) is 1. The molecule has 1 heterocycles. The summed E-state index contributed by atoms with van der Waals surface area (Å²) >= 11 is 0. The zero-order valence-electron chi connectivity index (χ0n) is 16.3. The Labute approximate surface area is 165 Å². The van der Waals surface area contributed by atoms with Gasteiger partial charge in [-0.05, 0) is 49.2 Å². The van der Waals surface area contributed by atoms with Crippen molar-refractivity contribution in [1.29, 1.82) is 0 Å². The Kier molecular flexibility index (Phi) is 6.38. The molecule has 3 rings (SSSR count). The number of methoxy groups -OCH3 is 2. The number of nitrogens with zero attached hydrogens (tertiary/aromatic N) is 1. The van der Waals surface area contributed by atoms with Gasteiger partial charge in [-0.3, -0.25) is 4.79 Å². The number of hydrogen-bond donors (Lipinski definition) is 2. The minimum absolute atomic E-state index is 0.0341. The van der Waals surface area contributed by atoms with Gasteiger partial charge in [0.1, 0.15) is 11.5 Å². The summed E-state index contributed by atoms with van der Waals surface area (Å²) in [5.41, 5.74) is 12.9. The number of hydrogen-bond acceptors (Lipinski definition) is 6. The Morgan fingerprint density at radius 2 is 1.82 bits per heavy atom. The first kappa shape index (κ1) is 20.0. The van der Waals surface area contributed by atoms with Crippen molar-refractivity contribution < 1.29 is 19.0 Å². The smallest absolute Gasteiger partial charge is 0.254 e. The Morgan fingerprint density at radius 1 is 1.07 bits per heavy atom. The molecule has 1 saturated heterocycles. The van der Waals surface area contributed by atoms with Crippen LogP contribution in [0.1, 0.15) is 22.3 Å². The number of carbonyl (C=O) groups excluding carboxylic acids is 1. The summed E-state index contributed by atoms with van der Waals surface area (Å²) in [6.45, 7) is 2.26. The molecule has 1 amide bonds. The number of amides is 1. The summed E-state index contributed by atoms with van der Waals surface area (Å²) in [5, 5.41) is 0. The number of nitrogens with two attached hydrogens (primary N) is 2. The van der Waals surface area contributed by atoms with E-state index in [0.29, 0.717) is 47.6 Å². The van der Waals surface area contributed by atoms with Crippen LogP contribution in [0, 0.1) is 5.92 Å². The zero-order chi connectivity index (χ0) is 20.1. The molecule has 1 aliphatic rings. The summed E-state index contributed by atoms with van der Waals surface area (Å²) in [6.07, 6.45) is 0.936. The average Bonchev–Trinajstić information content (AvgIpc) is 3.22. The van der Waals surface area contributed by atoms with Crippen molar-refractivity contribution in [2.24, 2.45) is 17.4 Å². The third-order valence-corrected chi connectivity index (χ3v) is 5.05. The molecule has 0 saturated carbocycles. The molecule has 1 atom stereocenters. The van der Waals surface area contributed by atoms with Crippen molar-refractivity contribution in [3.63, 3.8) is 0 Å². The summed E-state index contributed by atoms with van der Waals surface area (Å²) in [5.74, 6) is 2.52. The van der Waals surface area contributed by atoms with Crippen LogP contribution in [0.2, 0.25) is 0 Å². The predicted molar refractivity (Wildman–Crippen MR) is 107 cm³/mol. The molecule has 2 aromatic rings. The minimum atomic E-state index is -0.0341. The lowest BCUT2D eigenvalue weighted by Gasteiger charge is -2.19. The second kappa shape index (κ2) is 8.95. The quantitative estimate of drug-likeness (QED) is 0.759. The van der Waals surface area contributed by atoms with Gasteiger partial charge in [0.25, 0.3) is 5.91 Å². The standard InChI is InChI=1S/C21H27N3O4/c1-26-17-4-3-5-18(16(17)12-23)28-20-10-15(6-7-19(20)27-2)21(25)24-9-8-14(11-22)13-24/h3-7,10,14H,8-9,11-13,22-23H2,1-2H3. The van der Waals surface area contributed by atoms with Gasteiger partial charge in [-0.1, -0.05) is 6.07 Å². The molecule has 28 heavy (non-hydrogen) atoms. The van der Waals surface area contributed by atoms with E-state index in [4.69, 9.17) is 25.7 Å². The highest BCUT2D eigenvalue weighted by molar-refractivity contribution is 5.95. The SMILES string of the molecule is COc1ccc(C(=O)N2CCC(CN)C2)cc1Oc1cccc(OC)c1CN. The molecule has 0 aliphatic carbocycles. The first-order chi connectivity index (χ1) is 13.6. The van der Waals surface area contributed by atoms with Crippen molar-refractivity contribution in [1.82, 2.24) is 4.90 Å². The normalized spacial score (nSPS) is 16.1. The fourth-order valence-electron chi connectivity index (χ4n) is 3.43. The summed E-state index contributed by atoms with van der Waals surface area (Å²) < 4.78 is 16.9. The molecule has 7 heteroatoms. The molecular formula is C21H27N3O4. The molecular weight excluding hydrogens is 358 g/mol. The molecule has 7 nitrogen and oxygen atoms in total. The van der Waals surface area contributed by atoms with Crippen LogP contribution in [0.25, 0.3) is 0 Å². The van der Waals surface area contributed by atoms with Crippen LogP contribution in [0.15, 0.2) is 36.4 Å². The number of carbonyl (C=O) groups is 1. The van der Waals surface area contributed by atoms with Crippen LogP contribution >= 0.6 is 0 Å². The Balaban J connectivity index is 1.89. The van der Waals surface area contributed by atoms with E-state index in [1.165, 1.54) is 0 Å². The maximum absolute atomic E-state index is 12.9. The molecule has 2 aromatic carbocycles. The number of rotatable bonds is 7. The predicted octanol–water partition coefficient (Wildman–Crippen LogP) is 2.38. The fourth-order valence-corrected chi connectivity index (χ4v) is 3.43. The van der Waals surface area contributed by atoms with Crippen molar-refractivity contribution in [2.75, 3.05) is 33.9 Å². The van der Waals surface area contributed by atoms with E-state index < -0.39 is 0 Å². The summed E-state index contributed by atoms with van der Waals surface area (Å²) in [6, 6.07) is 10.7. The minimum Gasteiger partial charge on any atom is -0.496 e. The lowest BCUT2D eigenvalue weighted by molar-refractivity contribution is 0.0787. The van der Waals surface area contributed by atoms with Gasteiger partial charge < -0.3 is 30.6 Å². The van der Waals surface area contributed by atoms with Crippen molar-refractivity contribution >= 4 is 5.91 Å².